The highest BCUT2D eigenvalue weighted by atomic mass is 32.2. The third-order valence-electron chi connectivity index (χ3n) is 3.69. The molecule has 4 rings (SSSR count). The van der Waals surface area contributed by atoms with E-state index in [0.717, 1.165) is 17.0 Å². The molecule has 0 saturated heterocycles. The molecular weight excluding hydrogens is 338 g/mol. The maximum atomic E-state index is 12.3. The number of carbonyl (C=O) groups is 1. The van der Waals surface area contributed by atoms with E-state index in [1.165, 1.54) is 21.1 Å². The number of hydrogen-bond donors (Lipinski definition) is 1. The van der Waals surface area contributed by atoms with Gasteiger partial charge >= 0.3 is 0 Å². The zero-order chi connectivity index (χ0) is 16.5. The van der Waals surface area contributed by atoms with Gasteiger partial charge in [-0.25, -0.2) is 4.98 Å². The van der Waals surface area contributed by atoms with Crippen LogP contribution in [0.1, 0.15) is 20.8 Å². The summed E-state index contributed by atoms with van der Waals surface area (Å²) in [4.78, 5) is 19.3. The third-order valence-corrected chi connectivity index (χ3v) is 5.95. The van der Waals surface area contributed by atoms with Crippen LogP contribution in [0.3, 0.4) is 0 Å². The predicted octanol–water partition coefficient (Wildman–Crippen LogP) is 4.54. The lowest BCUT2D eigenvalue weighted by Crippen LogP contribution is -2.11. The Labute approximate surface area is 147 Å². The zero-order valence-corrected chi connectivity index (χ0v) is 14.1. The summed E-state index contributed by atoms with van der Waals surface area (Å²) >= 11 is 3.30. The normalized spacial score (nSPS) is 12.0. The molecule has 4 nitrogen and oxygen atoms in total. The molecule has 3 aromatic rings. The number of nitriles is 1. The van der Waals surface area contributed by atoms with E-state index >= 15 is 0 Å². The van der Waals surface area contributed by atoms with E-state index < -0.39 is 0 Å². The molecule has 2 heterocycles. The highest BCUT2D eigenvalue weighted by Gasteiger charge is 2.21. The standard InChI is InChI=1S/C18H11N3OS2/c19-9-11-5-7-12(8-6-11)17(22)21-18-20-16-13-3-1-2-4-14(13)23-10-15(16)24-18/h1-8H,10H2,(H,20,21,22). The van der Waals surface area contributed by atoms with Gasteiger partial charge in [-0.3, -0.25) is 10.1 Å². The molecular formula is C18H11N3OS2. The number of carbonyl (C=O) groups excluding carboxylic acids is 1. The van der Waals surface area contributed by atoms with Gasteiger partial charge < -0.3 is 0 Å². The van der Waals surface area contributed by atoms with Gasteiger partial charge in [0.15, 0.2) is 5.13 Å². The van der Waals surface area contributed by atoms with E-state index in [0.29, 0.717) is 16.3 Å². The van der Waals surface area contributed by atoms with Crippen molar-refractivity contribution >= 4 is 34.1 Å². The summed E-state index contributed by atoms with van der Waals surface area (Å²) in [6, 6.07) is 16.8. The maximum Gasteiger partial charge on any atom is 0.257 e. The van der Waals surface area contributed by atoms with Gasteiger partial charge in [-0.2, -0.15) is 5.26 Å². The Balaban J connectivity index is 1.60. The molecule has 0 aliphatic carbocycles. The SMILES string of the molecule is N#Cc1ccc(C(=O)Nc2nc3c(s2)CSc2ccccc2-3)cc1. The van der Waals surface area contributed by atoms with Crippen molar-refractivity contribution in [3.8, 4) is 17.3 Å². The van der Waals surface area contributed by atoms with Crippen LogP contribution in [0, 0.1) is 11.3 Å². The van der Waals surface area contributed by atoms with Crippen molar-refractivity contribution in [1.29, 1.82) is 5.26 Å². The largest absolute Gasteiger partial charge is 0.298 e. The number of hydrogen-bond acceptors (Lipinski definition) is 5. The number of thiazole rings is 1. The first-order valence-electron chi connectivity index (χ1n) is 7.28. The Morgan fingerprint density at radius 3 is 2.75 bits per heavy atom. The summed E-state index contributed by atoms with van der Waals surface area (Å²) in [5, 5.41) is 12.3. The van der Waals surface area contributed by atoms with Crippen molar-refractivity contribution in [1.82, 2.24) is 4.98 Å². The van der Waals surface area contributed by atoms with Crippen LogP contribution < -0.4 is 5.32 Å². The van der Waals surface area contributed by atoms with Crippen molar-refractivity contribution in [2.45, 2.75) is 10.6 Å². The first kappa shape index (κ1) is 14.9. The third kappa shape index (κ3) is 2.68. The van der Waals surface area contributed by atoms with Crippen LogP contribution in [0.5, 0.6) is 0 Å². The Bertz CT molecular complexity index is 971. The van der Waals surface area contributed by atoms with Crippen LogP contribution >= 0.6 is 23.1 Å². The first-order chi connectivity index (χ1) is 11.7. The molecule has 1 amide bonds. The second-order valence-corrected chi connectivity index (χ2v) is 7.32. The van der Waals surface area contributed by atoms with Gasteiger partial charge in [0.1, 0.15) is 0 Å². The van der Waals surface area contributed by atoms with Gasteiger partial charge in [-0.15, -0.1) is 23.1 Å². The molecule has 2 aromatic carbocycles. The average molecular weight is 349 g/mol. The lowest BCUT2D eigenvalue weighted by atomic mass is 10.1. The molecule has 0 fully saturated rings. The van der Waals surface area contributed by atoms with E-state index in [1.807, 2.05) is 18.2 Å². The van der Waals surface area contributed by atoms with Crippen molar-refractivity contribution in [3.05, 3.63) is 64.5 Å². The number of nitrogens with one attached hydrogen (secondary N) is 1. The highest BCUT2D eigenvalue weighted by Crippen LogP contribution is 2.44. The number of rotatable bonds is 2. The number of fused-ring (bicyclic) bond motifs is 3. The van der Waals surface area contributed by atoms with Gasteiger partial charge in [0.05, 0.1) is 17.3 Å². The number of aromatic nitrogens is 1. The fraction of sp³-hybridized carbons (Fsp3) is 0.0556. The van der Waals surface area contributed by atoms with Crippen LogP contribution in [0.2, 0.25) is 0 Å². The maximum absolute atomic E-state index is 12.3. The molecule has 0 atom stereocenters. The molecule has 24 heavy (non-hydrogen) atoms. The number of nitrogens with zero attached hydrogens (tertiary/aromatic N) is 2. The van der Waals surface area contributed by atoms with Crippen LogP contribution in [0.4, 0.5) is 5.13 Å². The number of amides is 1. The van der Waals surface area contributed by atoms with Crippen LogP contribution in [-0.2, 0) is 5.75 Å². The quantitative estimate of drug-likeness (QED) is 0.737. The van der Waals surface area contributed by atoms with E-state index in [4.69, 9.17) is 5.26 Å². The minimum atomic E-state index is -0.216. The van der Waals surface area contributed by atoms with Gasteiger partial charge in [0.25, 0.3) is 5.91 Å². The average Bonchev–Trinajstić information content (AvgIpc) is 3.04. The fourth-order valence-corrected chi connectivity index (χ4v) is 4.61. The highest BCUT2D eigenvalue weighted by molar-refractivity contribution is 7.98. The van der Waals surface area contributed by atoms with Gasteiger partial charge in [-0.1, -0.05) is 18.2 Å². The monoisotopic (exact) mass is 349 g/mol. The Morgan fingerprint density at radius 2 is 1.96 bits per heavy atom. The molecule has 1 aliphatic heterocycles. The summed E-state index contributed by atoms with van der Waals surface area (Å²) in [5.41, 5.74) is 3.13. The molecule has 0 radical (unpaired) electrons. The van der Waals surface area contributed by atoms with Gasteiger partial charge in [0.2, 0.25) is 0 Å². The summed E-state index contributed by atoms with van der Waals surface area (Å²) in [5.74, 6) is 0.656. The van der Waals surface area contributed by atoms with E-state index in [2.05, 4.69) is 22.4 Å². The minimum absolute atomic E-state index is 0.216. The van der Waals surface area contributed by atoms with Crippen molar-refractivity contribution < 1.29 is 4.79 Å². The van der Waals surface area contributed by atoms with E-state index in [1.54, 1.807) is 36.0 Å². The van der Waals surface area contributed by atoms with Crippen molar-refractivity contribution in [3.63, 3.8) is 0 Å². The summed E-state index contributed by atoms with van der Waals surface area (Å²) < 4.78 is 0. The molecule has 0 saturated carbocycles. The Morgan fingerprint density at radius 1 is 1.17 bits per heavy atom. The Kier molecular flexibility index (Phi) is 3.81. The zero-order valence-electron chi connectivity index (χ0n) is 12.4. The van der Waals surface area contributed by atoms with Crippen LogP contribution in [0.25, 0.3) is 11.3 Å². The molecule has 116 valence electrons. The first-order valence-corrected chi connectivity index (χ1v) is 9.08. The molecule has 0 bridgehead atoms. The lowest BCUT2D eigenvalue weighted by molar-refractivity contribution is 0.102. The lowest BCUT2D eigenvalue weighted by Gasteiger charge is -2.13. The number of anilines is 1. The molecule has 6 heteroatoms. The van der Waals surface area contributed by atoms with E-state index in [9.17, 15) is 4.79 Å². The summed E-state index contributed by atoms with van der Waals surface area (Å²) in [6.07, 6.45) is 0. The van der Waals surface area contributed by atoms with Crippen LogP contribution in [-0.4, -0.2) is 10.9 Å². The molecule has 0 unspecified atom stereocenters. The fourth-order valence-electron chi connectivity index (χ4n) is 2.51. The predicted molar refractivity (Wildman–Crippen MR) is 96.2 cm³/mol. The molecule has 1 N–H and O–H groups in total. The Hall–Kier alpha value is -2.62. The van der Waals surface area contributed by atoms with Crippen molar-refractivity contribution in [2.75, 3.05) is 5.32 Å². The molecule has 1 aromatic heterocycles. The minimum Gasteiger partial charge on any atom is -0.298 e. The topological polar surface area (TPSA) is 65.8 Å². The van der Waals surface area contributed by atoms with Crippen molar-refractivity contribution in [2.24, 2.45) is 0 Å². The van der Waals surface area contributed by atoms with Gasteiger partial charge in [-0.05, 0) is 30.3 Å². The second-order valence-electron chi connectivity index (χ2n) is 5.22. The smallest absolute Gasteiger partial charge is 0.257 e. The second kappa shape index (κ2) is 6.11. The number of benzene rings is 2. The summed E-state index contributed by atoms with van der Waals surface area (Å²) in [7, 11) is 0. The summed E-state index contributed by atoms with van der Waals surface area (Å²) in [6.45, 7) is 0. The van der Waals surface area contributed by atoms with E-state index in [-0.39, 0.29) is 5.91 Å². The molecule has 1 aliphatic rings. The number of thioether (sulfide) groups is 1. The van der Waals surface area contributed by atoms with Gasteiger partial charge in [0, 0.05) is 26.7 Å². The molecule has 0 spiro atoms. The van der Waals surface area contributed by atoms with Crippen LogP contribution in [0.15, 0.2) is 53.4 Å².